The van der Waals surface area contributed by atoms with Crippen molar-refractivity contribution in [3.63, 3.8) is 0 Å². The summed E-state index contributed by atoms with van der Waals surface area (Å²) in [4.78, 5) is 2.91. The molecule has 0 amide bonds. The molecule has 3 aromatic rings. The van der Waals surface area contributed by atoms with Crippen LogP contribution in [0.3, 0.4) is 0 Å². The van der Waals surface area contributed by atoms with Crippen LogP contribution >= 0.6 is 0 Å². The molecule has 0 saturated carbocycles. The lowest BCUT2D eigenvalue weighted by molar-refractivity contribution is -0.162. The average Bonchev–Trinajstić information content (AvgIpc) is 2.59. The Morgan fingerprint density at radius 1 is 0.786 bits per heavy atom. The fourth-order valence-corrected chi connectivity index (χ4v) is 3.54. The number of aromatic nitrogens is 1. The number of pyridine rings is 1. The third-order valence-corrected chi connectivity index (χ3v) is 5.14. The quantitative estimate of drug-likeness (QED) is 0.602. The largest absolute Gasteiger partial charge is 0.418 e. The van der Waals surface area contributed by atoms with Gasteiger partial charge >= 0.3 is 12.4 Å². The highest BCUT2D eigenvalue weighted by Crippen LogP contribution is 2.40. The number of nitrogens with one attached hydrogen (secondary N) is 1. The van der Waals surface area contributed by atoms with Crippen LogP contribution in [0.4, 0.5) is 32.2 Å². The molecule has 0 bridgehead atoms. The van der Waals surface area contributed by atoms with Gasteiger partial charge in [0.05, 0.1) is 16.0 Å². The first kappa shape index (κ1) is 19.9. The lowest BCUT2D eigenvalue weighted by Gasteiger charge is -2.16. The van der Waals surface area contributed by atoms with Gasteiger partial charge in [-0.2, -0.15) is 26.3 Å². The predicted octanol–water partition coefficient (Wildman–Crippen LogP) is 5.07. The molecule has 1 N–H and O–H groups in total. The third-order valence-electron chi connectivity index (χ3n) is 3.78. The van der Waals surface area contributed by atoms with Crippen molar-refractivity contribution in [2.75, 3.05) is 4.72 Å². The van der Waals surface area contributed by atoms with E-state index in [0.29, 0.717) is 5.39 Å². The third kappa shape index (κ3) is 4.03. The summed E-state index contributed by atoms with van der Waals surface area (Å²) < 4.78 is 104. The van der Waals surface area contributed by atoms with Gasteiger partial charge in [0.15, 0.2) is 0 Å². The predicted molar refractivity (Wildman–Crippen MR) is 89.0 cm³/mol. The normalized spacial score (nSPS) is 12.9. The summed E-state index contributed by atoms with van der Waals surface area (Å²) >= 11 is 0. The van der Waals surface area contributed by atoms with Crippen LogP contribution in [0.15, 0.2) is 59.6 Å². The fourth-order valence-electron chi connectivity index (χ4n) is 2.50. The SMILES string of the molecule is O=S(=O)(Nc1cc(C(F)(F)F)c(C(F)(F)F)cn1)c1ccc2ccccc2c1. The molecule has 0 aliphatic carbocycles. The number of benzene rings is 2. The standard InChI is InChI=1S/C17H10F6N2O2S/c18-16(19,20)13-8-15(24-9-14(13)17(21,22)23)25-28(26,27)12-6-5-10-3-1-2-4-11(10)7-12/h1-9H,(H,24,25). The molecular weight excluding hydrogens is 410 g/mol. The highest BCUT2D eigenvalue weighted by Gasteiger charge is 2.43. The molecule has 2 aromatic carbocycles. The molecule has 0 unspecified atom stereocenters. The summed E-state index contributed by atoms with van der Waals surface area (Å²) in [6.45, 7) is 0. The zero-order valence-corrected chi connectivity index (χ0v) is 14.5. The second kappa shape index (κ2) is 6.66. The van der Waals surface area contributed by atoms with Gasteiger partial charge in [-0.05, 0) is 29.0 Å². The highest BCUT2D eigenvalue weighted by molar-refractivity contribution is 7.92. The fraction of sp³-hybridized carbons (Fsp3) is 0.118. The van der Waals surface area contributed by atoms with E-state index in [1.54, 1.807) is 29.0 Å². The Morgan fingerprint density at radius 2 is 1.39 bits per heavy atom. The molecule has 0 spiro atoms. The van der Waals surface area contributed by atoms with Crippen LogP contribution in [0.1, 0.15) is 11.1 Å². The van der Waals surface area contributed by atoms with Crippen molar-refractivity contribution < 1.29 is 34.8 Å². The van der Waals surface area contributed by atoms with Crippen LogP contribution in [0.5, 0.6) is 0 Å². The maximum Gasteiger partial charge on any atom is 0.418 e. The molecule has 148 valence electrons. The number of sulfonamides is 1. The van der Waals surface area contributed by atoms with E-state index in [1.165, 1.54) is 18.2 Å². The van der Waals surface area contributed by atoms with Crippen molar-refractivity contribution >= 4 is 26.6 Å². The minimum Gasteiger partial charge on any atom is -0.263 e. The Balaban J connectivity index is 2.02. The Bertz CT molecular complexity index is 1140. The van der Waals surface area contributed by atoms with E-state index in [9.17, 15) is 34.8 Å². The van der Waals surface area contributed by atoms with Crippen molar-refractivity contribution in [2.24, 2.45) is 0 Å². The Labute approximate surface area is 154 Å². The van der Waals surface area contributed by atoms with Crippen molar-refractivity contribution in [1.29, 1.82) is 0 Å². The van der Waals surface area contributed by atoms with Gasteiger partial charge in [-0.3, -0.25) is 4.72 Å². The number of hydrogen-bond donors (Lipinski definition) is 1. The van der Waals surface area contributed by atoms with Crippen LogP contribution in [0.25, 0.3) is 10.8 Å². The van der Waals surface area contributed by atoms with E-state index < -0.39 is 39.3 Å². The Kier molecular flexibility index (Phi) is 4.74. The maximum absolute atomic E-state index is 13.0. The second-order valence-corrected chi connectivity index (χ2v) is 7.41. The van der Waals surface area contributed by atoms with E-state index in [0.717, 1.165) is 5.39 Å². The Morgan fingerprint density at radius 3 is 2.00 bits per heavy atom. The van der Waals surface area contributed by atoms with E-state index in [1.807, 2.05) is 0 Å². The number of halogens is 6. The number of anilines is 1. The van der Waals surface area contributed by atoms with E-state index >= 15 is 0 Å². The summed E-state index contributed by atoms with van der Waals surface area (Å²) in [5, 5.41) is 1.29. The molecule has 1 heterocycles. The first-order valence-corrected chi connectivity index (χ1v) is 9.02. The summed E-state index contributed by atoms with van der Waals surface area (Å²) in [6.07, 6.45) is -10.7. The summed E-state index contributed by atoms with van der Waals surface area (Å²) in [6, 6.07) is 10.8. The van der Waals surface area contributed by atoms with Crippen LogP contribution in [-0.2, 0) is 22.4 Å². The van der Waals surface area contributed by atoms with Crippen molar-refractivity contribution in [2.45, 2.75) is 17.2 Å². The Hall–Kier alpha value is -2.82. The first-order valence-electron chi connectivity index (χ1n) is 7.54. The van der Waals surface area contributed by atoms with Gasteiger partial charge < -0.3 is 0 Å². The number of alkyl halides is 6. The molecule has 3 rings (SSSR count). The molecule has 4 nitrogen and oxygen atoms in total. The molecule has 1 aromatic heterocycles. The van der Waals surface area contributed by atoms with E-state index in [2.05, 4.69) is 4.98 Å². The highest BCUT2D eigenvalue weighted by atomic mass is 32.2. The van der Waals surface area contributed by atoms with Crippen molar-refractivity contribution in [3.8, 4) is 0 Å². The molecule has 0 atom stereocenters. The molecule has 0 radical (unpaired) electrons. The molecule has 0 fully saturated rings. The number of rotatable bonds is 3. The minimum atomic E-state index is -5.35. The zero-order chi connectivity index (χ0) is 20.7. The zero-order valence-electron chi connectivity index (χ0n) is 13.6. The van der Waals surface area contributed by atoms with Gasteiger partial charge in [-0.15, -0.1) is 0 Å². The lowest BCUT2D eigenvalue weighted by Crippen LogP contribution is -2.19. The van der Waals surface area contributed by atoms with E-state index in [4.69, 9.17) is 0 Å². The summed E-state index contributed by atoms with van der Waals surface area (Å²) in [5.74, 6) is -0.881. The molecule has 28 heavy (non-hydrogen) atoms. The average molecular weight is 420 g/mol. The minimum absolute atomic E-state index is 0.0153. The number of fused-ring (bicyclic) bond motifs is 1. The number of hydrogen-bond acceptors (Lipinski definition) is 3. The van der Waals surface area contributed by atoms with Crippen LogP contribution in [0, 0.1) is 0 Å². The topological polar surface area (TPSA) is 59.1 Å². The van der Waals surface area contributed by atoms with Gasteiger partial charge in [0.25, 0.3) is 10.0 Å². The van der Waals surface area contributed by atoms with Crippen LogP contribution < -0.4 is 4.72 Å². The van der Waals surface area contributed by atoms with Gasteiger partial charge in [0.1, 0.15) is 5.82 Å². The molecule has 0 saturated heterocycles. The monoisotopic (exact) mass is 420 g/mol. The number of nitrogens with zero attached hydrogens (tertiary/aromatic N) is 1. The lowest BCUT2D eigenvalue weighted by atomic mass is 10.1. The van der Waals surface area contributed by atoms with Gasteiger partial charge in [0.2, 0.25) is 0 Å². The summed E-state index contributed by atoms with van der Waals surface area (Å²) in [5.41, 5.74) is -4.04. The molecule has 0 aliphatic heterocycles. The summed E-state index contributed by atoms with van der Waals surface area (Å²) in [7, 11) is -4.38. The maximum atomic E-state index is 13.0. The first-order chi connectivity index (χ1) is 12.9. The van der Waals surface area contributed by atoms with Crippen molar-refractivity contribution in [1.82, 2.24) is 4.98 Å². The molecule has 11 heteroatoms. The van der Waals surface area contributed by atoms with Crippen molar-refractivity contribution in [3.05, 3.63) is 65.9 Å². The second-order valence-electron chi connectivity index (χ2n) is 5.73. The molecular formula is C17H10F6N2O2S. The van der Waals surface area contributed by atoms with Gasteiger partial charge in [-0.25, -0.2) is 13.4 Å². The smallest absolute Gasteiger partial charge is 0.263 e. The van der Waals surface area contributed by atoms with Gasteiger partial charge in [0, 0.05) is 6.20 Å². The molecule has 0 aliphatic rings. The van der Waals surface area contributed by atoms with Crippen LogP contribution in [0.2, 0.25) is 0 Å². The van der Waals surface area contributed by atoms with Gasteiger partial charge in [-0.1, -0.05) is 30.3 Å². The van der Waals surface area contributed by atoms with E-state index in [-0.39, 0.29) is 17.2 Å². The van der Waals surface area contributed by atoms with Crippen LogP contribution in [-0.4, -0.2) is 13.4 Å².